The summed E-state index contributed by atoms with van der Waals surface area (Å²) in [6, 6.07) is 0.525. The molecule has 1 aliphatic heterocycles. The summed E-state index contributed by atoms with van der Waals surface area (Å²) in [5, 5.41) is 28.1. The van der Waals surface area contributed by atoms with Crippen molar-refractivity contribution in [1.29, 1.82) is 0 Å². The van der Waals surface area contributed by atoms with Gasteiger partial charge in [0.15, 0.2) is 29.0 Å². The fourth-order valence-electron chi connectivity index (χ4n) is 3.20. The predicted octanol–water partition coefficient (Wildman–Crippen LogP) is -0.217. The van der Waals surface area contributed by atoms with E-state index in [1.54, 1.807) is 32.5 Å². The van der Waals surface area contributed by atoms with Crippen molar-refractivity contribution in [3.05, 3.63) is 39.3 Å². The minimum atomic E-state index is -4.64. The van der Waals surface area contributed by atoms with Crippen molar-refractivity contribution in [2.24, 2.45) is 5.16 Å². The molecule has 0 radical (unpaired) electrons. The van der Waals surface area contributed by atoms with Gasteiger partial charge in [-0.1, -0.05) is 5.16 Å². The molecule has 0 aliphatic carbocycles. The lowest BCUT2D eigenvalue weighted by atomic mass is 9.85. The van der Waals surface area contributed by atoms with Crippen LogP contribution in [0.3, 0.4) is 0 Å². The Morgan fingerprint density at radius 1 is 1.45 bits per heavy atom. The molecule has 1 saturated heterocycles. The first kappa shape index (κ1) is 31.0. The van der Waals surface area contributed by atoms with E-state index in [1.807, 2.05) is 0 Å². The molecule has 3 rings (SSSR count). The number of nitrogens with zero attached hydrogens (tertiary/aromatic N) is 4. The van der Waals surface area contributed by atoms with Crippen LogP contribution in [0.5, 0.6) is 5.75 Å². The fraction of sp³-hybridized carbons (Fsp3) is 0.421. The second-order valence-corrected chi connectivity index (χ2v) is 10.8. The number of hydrogen-bond donors (Lipinski definition) is 5. The normalized spacial score (nSPS) is 17.7. The Balaban J connectivity index is 0.000000308. The predicted molar refractivity (Wildman–Crippen MR) is 137 cm³/mol. The van der Waals surface area contributed by atoms with Gasteiger partial charge in [-0.2, -0.15) is 30.0 Å². The summed E-state index contributed by atoms with van der Waals surface area (Å²) >= 11 is 2.53. The summed E-state index contributed by atoms with van der Waals surface area (Å²) < 4.78 is 33.8. The first-order valence-electron chi connectivity index (χ1n) is 10.4. The summed E-state index contributed by atoms with van der Waals surface area (Å²) in [6.07, 6.45) is 2.29. The van der Waals surface area contributed by atoms with E-state index in [-0.39, 0.29) is 22.2 Å². The number of nitrogens with one attached hydrogen (secondary N) is 1. The van der Waals surface area contributed by atoms with Gasteiger partial charge < -0.3 is 26.2 Å². The number of likely N-dealkylation sites (N-methyl/N-ethyl adjacent to an activating group) is 1. The number of pyridine rings is 1. The maximum atomic E-state index is 11.6. The third-order valence-electron chi connectivity index (χ3n) is 5.00. The largest absolute Gasteiger partial charge is 0.503 e. The van der Waals surface area contributed by atoms with E-state index in [2.05, 4.69) is 19.7 Å². The standard InChI is InChI=1S/C13H14N4O5S2.C6H12N2O5S/c1-23-6-12(9-2-10(19)11(20)3-17(9)21)22-16-7(4-18)8-5-24-13(14)15-8;1-6(2)4(7-3)5(9)8(6)13-14(10,11)12/h2-5,12,20-21H,6H2,1H3,(H2,14,15);4,7H,1-3H3,(H,10,11,12)/b16-7+;. The van der Waals surface area contributed by atoms with Gasteiger partial charge in [-0.15, -0.1) is 15.6 Å². The van der Waals surface area contributed by atoms with Crippen molar-refractivity contribution in [2.45, 2.75) is 31.5 Å². The van der Waals surface area contributed by atoms with Gasteiger partial charge in [0.05, 0.1) is 11.7 Å². The van der Waals surface area contributed by atoms with E-state index in [0.717, 1.165) is 23.6 Å². The summed E-state index contributed by atoms with van der Waals surface area (Å²) in [4.78, 5) is 43.2. The monoisotopic (exact) mass is 594 g/mol. The molecule has 2 atom stereocenters. The summed E-state index contributed by atoms with van der Waals surface area (Å²) in [5.41, 5.74) is 4.32. The quantitative estimate of drug-likeness (QED) is 0.0597. The number of rotatable bonds is 10. The maximum absolute atomic E-state index is 11.6. The molecule has 19 heteroatoms. The highest BCUT2D eigenvalue weighted by Crippen LogP contribution is 2.32. The van der Waals surface area contributed by atoms with Crippen LogP contribution in [-0.2, 0) is 29.1 Å². The molecule has 38 heavy (non-hydrogen) atoms. The van der Waals surface area contributed by atoms with Crippen LogP contribution in [0.2, 0.25) is 0 Å². The number of thiazole rings is 1. The number of aromatic hydroxyl groups is 1. The molecule has 0 aromatic carbocycles. The number of oxime groups is 1. The van der Waals surface area contributed by atoms with Crippen LogP contribution in [0.25, 0.3) is 0 Å². The second kappa shape index (κ2) is 12.5. The van der Waals surface area contributed by atoms with E-state index in [1.165, 1.54) is 11.8 Å². The third-order valence-corrected chi connectivity index (χ3v) is 6.64. The van der Waals surface area contributed by atoms with E-state index in [4.69, 9.17) is 15.1 Å². The minimum Gasteiger partial charge on any atom is -0.503 e. The molecule has 210 valence electrons. The highest BCUT2D eigenvalue weighted by Gasteiger charge is 2.56. The van der Waals surface area contributed by atoms with Crippen LogP contribution in [-0.4, -0.2) is 86.6 Å². The zero-order valence-corrected chi connectivity index (χ0v) is 22.9. The molecule has 6 N–H and O–H groups in total. The fourth-order valence-corrected chi connectivity index (χ4v) is 4.75. The van der Waals surface area contributed by atoms with Crippen molar-refractivity contribution in [3.8, 4) is 5.75 Å². The Hall–Kier alpha value is -3.23. The van der Waals surface area contributed by atoms with Crippen LogP contribution < -0.4 is 16.5 Å². The van der Waals surface area contributed by atoms with Crippen LogP contribution >= 0.6 is 23.1 Å². The van der Waals surface area contributed by atoms with E-state index >= 15 is 0 Å². The first-order valence-corrected chi connectivity index (χ1v) is 14.0. The SMILES string of the molecule is CNC1C(=O)N(OS(=O)(=O)O)C1(C)C.CSCC(O/N=C(\C=O)c1csc(N)n1)c1cc(=O)c(O)cn1O. The summed E-state index contributed by atoms with van der Waals surface area (Å²) in [6.45, 7) is 3.22. The Labute approximate surface area is 224 Å². The molecule has 16 nitrogen and oxygen atoms in total. The van der Waals surface area contributed by atoms with E-state index in [0.29, 0.717) is 21.8 Å². The van der Waals surface area contributed by atoms with Gasteiger partial charge in [-0.05, 0) is 27.2 Å². The number of hydroxylamine groups is 2. The first-order chi connectivity index (χ1) is 17.7. The number of thioether (sulfide) groups is 1. The van der Waals surface area contributed by atoms with Crippen LogP contribution in [0.4, 0.5) is 5.13 Å². The lowest BCUT2D eigenvalue weighted by Crippen LogP contribution is -2.75. The average Bonchev–Trinajstić information content (AvgIpc) is 3.26. The number of carbonyl (C=O) groups excluding carboxylic acids is 2. The number of nitrogen functional groups attached to an aromatic ring is 1. The molecular weight excluding hydrogens is 568 g/mol. The Kier molecular flexibility index (Phi) is 10.2. The van der Waals surface area contributed by atoms with Gasteiger partial charge in [0.25, 0.3) is 5.91 Å². The third kappa shape index (κ3) is 7.42. The molecule has 1 amide bonds. The number of hydrogen-bond acceptors (Lipinski definition) is 15. The average molecular weight is 595 g/mol. The Morgan fingerprint density at radius 2 is 2.11 bits per heavy atom. The highest BCUT2D eigenvalue weighted by atomic mass is 32.3. The van der Waals surface area contributed by atoms with Crippen LogP contribution in [0.15, 0.2) is 27.6 Å². The van der Waals surface area contributed by atoms with Crippen molar-refractivity contribution in [2.75, 3.05) is 24.8 Å². The van der Waals surface area contributed by atoms with Crippen molar-refractivity contribution in [3.63, 3.8) is 0 Å². The number of aldehydes is 1. The molecular formula is C19H26N6O10S3. The molecule has 2 unspecified atom stereocenters. The van der Waals surface area contributed by atoms with Crippen molar-refractivity contribution in [1.82, 2.24) is 20.1 Å². The van der Waals surface area contributed by atoms with Crippen molar-refractivity contribution < 1.29 is 42.0 Å². The van der Waals surface area contributed by atoms with Gasteiger partial charge in [0.2, 0.25) is 5.43 Å². The van der Waals surface area contributed by atoms with Gasteiger partial charge >= 0.3 is 10.4 Å². The zero-order chi connectivity index (χ0) is 28.8. The Bertz CT molecular complexity index is 1360. The van der Waals surface area contributed by atoms with Gasteiger partial charge in [0, 0.05) is 17.2 Å². The minimum absolute atomic E-state index is 0.0698. The summed E-state index contributed by atoms with van der Waals surface area (Å²) in [5.74, 6) is -0.797. The molecule has 2 aromatic heterocycles. The molecule has 2 aromatic rings. The van der Waals surface area contributed by atoms with Crippen molar-refractivity contribution >= 4 is 56.5 Å². The Morgan fingerprint density at radius 3 is 2.58 bits per heavy atom. The number of anilines is 1. The lowest BCUT2D eigenvalue weighted by Gasteiger charge is -2.50. The second-order valence-electron chi connectivity index (χ2n) is 8.02. The van der Waals surface area contributed by atoms with E-state index < -0.39 is 45.2 Å². The van der Waals surface area contributed by atoms with Gasteiger partial charge in [0.1, 0.15) is 17.4 Å². The van der Waals surface area contributed by atoms with Gasteiger partial charge in [-0.3, -0.25) is 18.9 Å². The molecule has 1 fully saturated rings. The topological polar surface area (TPSA) is 236 Å². The lowest BCUT2D eigenvalue weighted by molar-refractivity contribution is -0.218. The molecule has 0 bridgehead atoms. The number of β-lactam (4-membered cyclic amide) rings is 1. The van der Waals surface area contributed by atoms with E-state index in [9.17, 15) is 33.1 Å². The zero-order valence-electron chi connectivity index (χ0n) is 20.5. The molecule has 0 saturated carbocycles. The maximum Gasteiger partial charge on any atom is 0.418 e. The van der Waals surface area contributed by atoms with Gasteiger partial charge in [-0.25, -0.2) is 4.98 Å². The molecule has 3 heterocycles. The van der Waals surface area contributed by atoms with Crippen LogP contribution in [0, 0.1) is 0 Å². The summed E-state index contributed by atoms with van der Waals surface area (Å²) in [7, 11) is -3.06. The smallest absolute Gasteiger partial charge is 0.418 e. The molecule has 0 spiro atoms. The number of aromatic nitrogens is 2. The number of carbonyl (C=O) groups is 2. The highest BCUT2D eigenvalue weighted by molar-refractivity contribution is 7.98. The number of amides is 1. The van der Waals surface area contributed by atoms with Crippen LogP contribution in [0.1, 0.15) is 31.3 Å². The number of nitrogens with two attached hydrogens (primary N) is 1. The molecule has 1 aliphatic rings.